The van der Waals surface area contributed by atoms with E-state index in [-0.39, 0.29) is 5.41 Å². The number of aromatic nitrogens is 1. The van der Waals surface area contributed by atoms with E-state index in [4.69, 9.17) is 8.83 Å². The zero-order valence-electron chi connectivity index (χ0n) is 26.5. The van der Waals surface area contributed by atoms with Gasteiger partial charge in [-0.3, -0.25) is 0 Å². The van der Waals surface area contributed by atoms with Gasteiger partial charge in [-0.1, -0.05) is 105 Å². The van der Waals surface area contributed by atoms with Crippen LogP contribution in [0, 0.1) is 0 Å². The molecule has 0 unspecified atom stereocenters. The molecule has 0 spiro atoms. The molecule has 0 radical (unpaired) electrons. The lowest BCUT2D eigenvalue weighted by Gasteiger charge is -2.23. The second-order valence-corrected chi connectivity index (χ2v) is 13.7. The molecule has 3 nitrogen and oxygen atoms in total. The number of fused-ring (bicyclic) bond motifs is 13. The van der Waals surface area contributed by atoms with Gasteiger partial charge in [-0.2, -0.15) is 0 Å². The van der Waals surface area contributed by atoms with Crippen molar-refractivity contribution in [2.24, 2.45) is 0 Å². The topological polar surface area (TPSA) is 31.2 Å². The monoisotopic (exact) mass is 615 g/mol. The highest BCUT2D eigenvalue weighted by molar-refractivity contribution is 6.15. The third kappa shape index (κ3) is 3.28. The smallest absolute Gasteiger partial charge is 0.136 e. The van der Waals surface area contributed by atoms with Crippen LogP contribution in [0.15, 0.2) is 148 Å². The Morgan fingerprint density at radius 3 is 2.15 bits per heavy atom. The Balaban J connectivity index is 1.14. The standard InChI is InChI=1S/C45H29NO2/c1-45(2)36-14-6-3-10-29(36)32-21-22-33-30-11-4-7-15-37(30)46(44(33)43(32)45)27-19-23-39-35(25-27)31-20-18-26(24-41(31)48-39)28-13-9-17-40-42(28)34-12-5-8-16-38(34)47-40/h3-25H,1-2H3. The maximum atomic E-state index is 6.56. The Hall–Kier alpha value is -6.06. The molecular weight excluding hydrogens is 587 g/mol. The normalized spacial score (nSPS) is 13.8. The van der Waals surface area contributed by atoms with Gasteiger partial charge in [-0.25, -0.2) is 0 Å². The molecule has 3 heterocycles. The van der Waals surface area contributed by atoms with E-state index in [1.807, 2.05) is 18.2 Å². The van der Waals surface area contributed by atoms with Crippen molar-refractivity contribution in [3.05, 3.63) is 151 Å². The van der Waals surface area contributed by atoms with E-state index in [1.54, 1.807) is 0 Å². The van der Waals surface area contributed by atoms with Crippen molar-refractivity contribution >= 4 is 65.7 Å². The zero-order chi connectivity index (χ0) is 31.7. The number of hydrogen-bond acceptors (Lipinski definition) is 2. The van der Waals surface area contributed by atoms with Crippen molar-refractivity contribution in [3.8, 4) is 27.9 Å². The molecule has 0 atom stereocenters. The molecular formula is C45H29NO2. The molecule has 10 aromatic rings. The van der Waals surface area contributed by atoms with Gasteiger partial charge >= 0.3 is 0 Å². The molecule has 48 heavy (non-hydrogen) atoms. The molecule has 0 N–H and O–H groups in total. The molecule has 7 aromatic carbocycles. The molecule has 0 aliphatic heterocycles. The number of benzene rings is 7. The highest BCUT2D eigenvalue weighted by atomic mass is 16.3. The summed E-state index contributed by atoms with van der Waals surface area (Å²) >= 11 is 0. The second kappa shape index (κ2) is 9.05. The number of para-hydroxylation sites is 2. The lowest BCUT2D eigenvalue weighted by Crippen LogP contribution is -2.16. The Kier molecular flexibility index (Phi) is 4.91. The van der Waals surface area contributed by atoms with Gasteiger partial charge in [0.25, 0.3) is 0 Å². The summed E-state index contributed by atoms with van der Waals surface area (Å²) in [6.45, 7) is 4.74. The number of nitrogens with zero attached hydrogens (tertiary/aromatic N) is 1. The maximum Gasteiger partial charge on any atom is 0.136 e. The van der Waals surface area contributed by atoms with Crippen molar-refractivity contribution in [2.45, 2.75) is 19.3 Å². The Bertz CT molecular complexity index is 2980. The highest BCUT2D eigenvalue weighted by Crippen LogP contribution is 2.53. The van der Waals surface area contributed by atoms with Crippen LogP contribution in [-0.2, 0) is 5.41 Å². The number of hydrogen-bond donors (Lipinski definition) is 0. The van der Waals surface area contributed by atoms with Crippen LogP contribution in [0.4, 0.5) is 0 Å². The van der Waals surface area contributed by atoms with Crippen molar-refractivity contribution < 1.29 is 8.83 Å². The highest BCUT2D eigenvalue weighted by Gasteiger charge is 2.38. The third-order valence-corrected chi connectivity index (χ3v) is 10.8. The SMILES string of the molecule is CC1(C)c2ccccc2-c2ccc3c4ccccc4n(-c4ccc5oc6cc(-c7cccc8oc9ccccc9c78)ccc6c5c4)c3c21. The summed E-state index contributed by atoms with van der Waals surface area (Å²) in [6, 6.07) is 50.2. The first-order valence-electron chi connectivity index (χ1n) is 16.6. The van der Waals surface area contributed by atoms with Crippen LogP contribution in [0.5, 0.6) is 0 Å². The van der Waals surface area contributed by atoms with Gasteiger partial charge in [-0.05, 0) is 81.9 Å². The van der Waals surface area contributed by atoms with Crippen molar-refractivity contribution in [2.75, 3.05) is 0 Å². The van der Waals surface area contributed by atoms with Crippen LogP contribution in [0.1, 0.15) is 25.0 Å². The molecule has 1 aliphatic rings. The molecule has 0 fully saturated rings. The molecule has 11 rings (SSSR count). The van der Waals surface area contributed by atoms with Crippen LogP contribution in [0.25, 0.3) is 93.6 Å². The van der Waals surface area contributed by atoms with Crippen molar-refractivity contribution in [1.82, 2.24) is 4.57 Å². The fourth-order valence-corrected chi connectivity index (χ4v) is 8.67. The average Bonchev–Trinajstić information content (AvgIpc) is 3.84. The van der Waals surface area contributed by atoms with Crippen LogP contribution >= 0.6 is 0 Å². The average molecular weight is 616 g/mol. The van der Waals surface area contributed by atoms with Gasteiger partial charge in [0.15, 0.2) is 0 Å². The zero-order valence-corrected chi connectivity index (χ0v) is 26.5. The van der Waals surface area contributed by atoms with E-state index < -0.39 is 0 Å². The van der Waals surface area contributed by atoms with E-state index in [0.29, 0.717) is 0 Å². The van der Waals surface area contributed by atoms with Gasteiger partial charge in [0.1, 0.15) is 22.3 Å². The molecule has 0 amide bonds. The fraction of sp³-hybridized carbons (Fsp3) is 0.0667. The summed E-state index contributed by atoms with van der Waals surface area (Å²) < 4.78 is 15.2. The van der Waals surface area contributed by atoms with Crippen molar-refractivity contribution in [1.29, 1.82) is 0 Å². The van der Waals surface area contributed by atoms with Gasteiger partial charge in [0, 0.05) is 43.4 Å². The van der Waals surface area contributed by atoms with Crippen LogP contribution in [-0.4, -0.2) is 4.57 Å². The summed E-state index contributed by atoms with van der Waals surface area (Å²) in [5, 5.41) is 7.04. The van der Waals surface area contributed by atoms with Gasteiger partial charge in [-0.15, -0.1) is 0 Å². The summed E-state index contributed by atoms with van der Waals surface area (Å²) in [5.41, 5.74) is 14.7. The lowest BCUT2D eigenvalue weighted by molar-refractivity contribution is 0.663. The van der Waals surface area contributed by atoms with Crippen LogP contribution < -0.4 is 0 Å². The second-order valence-electron chi connectivity index (χ2n) is 13.7. The summed E-state index contributed by atoms with van der Waals surface area (Å²) in [5.74, 6) is 0. The maximum absolute atomic E-state index is 6.56. The summed E-state index contributed by atoms with van der Waals surface area (Å²) in [6.07, 6.45) is 0. The minimum Gasteiger partial charge on any atom is -0.456 e. The minimum atomic E-state index is -0.135. The van der Waals surface area contributed by atoms with Gasteiger partial charge in [0.2, 0.25) is 0 Å². The fourth-order valence-electron chi connectivity index (χ4n) is 8.67. The first kappa shape index (κ1) is 26.1. The predicted molar refractivity (Wildman–Crippen MR) is 198 cm³/mol. The molecule has 0 bridgehead atoms. The van der Waals surface area contributed by atoms with Crippen LogP contribution in [0.3, 0.4) is 0 Å². The first-order valence-corrected chi connectivity index (χ1v) is 16.6. The van der Waals surface area contributed by atoms with Gasteiger partial charge in [0.05, 0.1) is 11.0 Å². The molecule has 1 aliphatic carbocycles. The Morgan fingerprint density at radius 1 is 0.479 bits per heavy atom. The lowest BCUT2D eigenvalue weighted by atomic mass is 9.81. The molecule has 0 saturated heterocycles. The Morgan fingerprint density at radius 2 is 1.21 bits per heavy atom. The van der Waals surface area contributed by atoms with E-state index in [2.05, 4.69) is 140 Å². The third-order valence-electron chi connectivity index (χ3n) is 10.8. The number of rotatable bonds is 2. The quantitative estimate of drug-likeness (QED) is 0.194. The minimum absolute atomic E-state index is 0.135. The summed E-state index contributed by atoms with van der Waals surface area (Å²) in [7, 11) is 0. The van der Waals surface area contributed by atoms with E-state index in [1.165, 1.54) is 44.1 Å². The number of furan rings is 2. The Labute approximate surface area is 276 Å². The van der Waals surface area contributed by atoms with E-state index in [0.717, 1.165) is 60.7 Å². The van der Waals surface area contributed by atoms with E-state index >= 15 is 0 Å². The molecule has 226 valence electrons. The largest absolute Gasteiger partial charge is 0.456 e. The molecule has 3 aromatic heterocycles. The molecule has 0 saturated carbocycles. The van der Waals surface area contributed by atoms with E-state index in [9.17, 15) is 0 Å². The summed E-state index contributed by atoms with van der Waals surface area (Å²) in [4.78, 5) is 0. The predicted octanol–water partition coefficient (Wildman–Crippen LogP) is 12.6. The van der Waals surface area contributed by atoms with Crippen LogP contribution in [0.2, 0.25) is 0 Å². The first-order chi connectivity index (χ1) is 23.6. The van der Waals surface area contributed by atoms with Crippen molar-refractivity contribution in [3.63, 3.8) is 0 Å². The molecule has 3 heteroatoms. The van der Waals surface area contributed by atoms with Gasteiger partial charge < -0.3 is 13.4 Å².